The third-order valence-corrected chi connectivity index (χ3v) is 3.14. The third-order valence-electron chi connectivity index (χ3n) is 3.14. The number of nitrogens with zero attached hydrogens (tertiary/aromatic N) is 1. The summed E-state index contributed by atoms with van der Waals surface area (Å²) in [4.78, 5) is 13.6. The fraction of sp³-hybridized carbons (Fsp3) is 0.615. The highest BCUT2D eigenvalue weighted by molar-refractivity contribution is 5.86. The van der Waals surface area contributed by atoms with Gasteiger partial charge in [0.05, 0.1) is 26.4 Å². The molecule has 2 unspecified atom stereocenters. The molecule has 1 aliphatic rings. The van der Waals surface area contributed by atoms with Gasteiger partial charge in [0.15, 0.2) is 0 Å². The molecule has 5 heteroatoms. The molecule has 0 aromatic carbocycles. The third kappa shape index (κ3) is 2.91. The standard InChI is InChI=1S/C13H19NO4/c1-9-8-17-10(2)6-14(9)7-11-4-5-12(18-11)13(15)16-3/h4-5,9-10H,6-8H2,1-3H3. The molecule has 0 saturated carbocycles. The number of furan rings is 1. The smallest absolute Gasteiger partial charge is 0.373 e. The van der Waals surface area contributed by atoms with E-state index >= 15 is 0 Å². The normalized spacial score (nSPS) is 25.1. The summed E-state index contributed by atoms with van der Waals surface area (Å²) in [5, 5.41) is 0. The van der Waals surface area contributed by atoms with Gasteiger partial charge in [-0.25, -0.2) is 4.79 Å². The molecule has 1 aromatic rings. The van der Waals surface area contributed by atoms with Crippen molar-refractivity contribution < 1.29 is 18.7 Å². The number of methoxy groups -OCH3 is 1. The number of esters is 1. The van der Waals surface area contributed by atoms with Crippen molar-refractivity contribution in [2.24, 2.45) is 0 Å². The largest absolute Gasteiger partial charge is 0.463 e. The van der Waals surface area contributed by atoms with Crippen LogP contribution >= 0.6 is 0 Å². The number of morpholine rings is 1. The first-order chi connectivity index (χ1) is 8.60. The second-order valence-corrected chi connectivity index (χ2v) is 4.68. The molecule has 2 heterocycles. The van der Waals surface area contributed by atoms with Crippen molar-refractivity contribution in [3.63, 3.8) is 0 Å². The minimum Gasteiger partial charge on any atom is -0.463 e. The van der Waals surface area contributed by atoms with Crippen LogP contribution in [0.2, 0.25) is 0 Å². The summed E-state index contributed by atoms with van der Waals surface area (Å²) >= 11 is 0. The van der Waals surface area contributed by atoms with Gasteiger partial charge in [-0.1, -0.05) is 0 Å². The maximum Gasteiger partial charge on any atom is 0.373 e. The Morgan fingerprint density at radius 1 is 1.50 bits per heavy atom. The monoisotopic (exact) mass is 253 g/mol. The van der Waals surface area contributed by atoms with Gasteiger partial charge in [0.1, 0.15) is 5.76 Å². The molecule has 18 heavy (non-hydrogen) atoms. The van der Waals surface area contributed by atoms with Gasteiger partial charge in [-0.15, -0.1) is 0 Å². The van der Waals surface area contributed by atoms with Gasteiger partial charge < -0.3 is 13.9 Å². The molecule has 2 atom stereocenters. The molecule has 2 rings (SSSR count). The summed E-state index contributed by atoms with van der Waals surface area (Å²) in [6.45, 7) is 6.46. The van der Waals surface area contributed by atoms with Crippen molar-refractivity contribution >= 4 is 5.97 Å². The lowest BCUT2D eigenvalue weighted by molar-refractivity contribution is -0.0546. The number of hydrogen-bond acceptors (Lipinski definition) is 5. The van der Waals surface area contributed by atoms with Crippen LogP contribution in [0.5, 0.6) is 0 Å². The maximum atomic E-state index is 11.3. The molecule has 0 N–H and O–H groups in total. The van der Waals surface area contributed by atoms with Crippen LogP contribution in [0.1, 0.15) is 30.2 Å². The van der Waals surface area contributed by atoms with E-state index in [1.807, 2.05) is 6.07 Å². The van der Waals surface area contributed by atoms with Crippen LogP contribution in [0.25, 0.3) is 0 Å². The fourth-order valence-corrected chi connectivity index (χ4v) is 2.07. The topological polar surface area (TPSA) is 51.9 Å². The minimum absolute atomic E-state index is 0.233. The molecule has 1 aliphatic heterocycles. The minimum atomic E-state index is -0.440. The molecular weight excluding hydrogens is 234 g/mol. The summed E-state index contributed by atoms with van der Waals surface area (Å²) in [5.41, 5.74) is 0. The van der Waals surface area contributed by atoms with Crippen LogP contribution in [0, 0.1) is 0 Å². The first kappa shape index (κ1) is 13.1. The molecule has 1 aromatic heterocycles. The van der Waals surface area contributed by atoms with Crippen LogP contribution in [0.4, 0.5) is 0 Å². The van der Waals surface area contributed by atoms with Gasteiger partial charge in [0, 0.05) is 12.6 Å². The van der Waals surface area contributed by atoms with Crippen molar-refractivity contribution in [1.82, 2.24) is 4.90 Å². The Morgan fingerprint density at radius 2 is 2.28 bits per heavy atom. The van der Waals surface area contributed by atoms with E-state index in [1.54, 1.807) is 6.07 Å². The van der Waals surface area contributed by atoms with Crippen LogP contribution in [0.15, 0.2) is 16.5 Å². The summed E-state index contributed by atoms with van der Waals surface area (Å²) in [6, 6.07) is 3.82. The Kier molecular flexibility index (Phi) is 4.04. The second-order valence-electron chi connectivity index (χ2n) is 4.68. The van der Waals surface area contributed by atoms with Crippen LogP contribution in [-0.4, -0.2) is 43.3 Å². The quantitative estimate of drug-likeness (QED) is 0.767. The molecule has 5 nitrogen and oxygen atoms in total. The molecule has 100 valence electrons. The zero-order valence-electron chi connectivity index (χ0n) is 11.0. The Balaban J connectivity index is 2.00. The maximum absolute atomic E-state index is 11.3. The molecule has 0 radical (unpaired) electrons. The van der Waals surface area contributed by atoms with Crippen LogP contribution < -0.4 is 0 Å². The van der Waals surface area contributed by atoms with Gasteiger partial charge in [-0.3, -0.25) is 4.90 Å². The zero-order valence-corrected chi connectivity index (χ0v) is 11.0. The summed E-state index contributed by atoms with van der Waals surface area (Å²) in [7, 11) is 1.34. The summed E-state index contributed by atoms with van der Waals surface area (Å²) in [6.07, 6.45) is 0.233. The van der Waals surface area contributed by atoms with E-state index in [0.717, 1.165) is 18.9 Å². The SMILES string of the molecule is COC(=O)c1ccc(CN2CC(C)OCC2C)o1. The molecule has 1 saturated heterocycles. The lowest BCUT2D eigenvalue weighted by atomic mass is 10.2. The van der Waals surface area contributed by atoms with Crippen molar-refractivity contribution in [2.75, 3.05) is 20.3 Å². The van der Waals surface area contributed by atoms with E-state index < -0.39 is 5.97 Å². The molecule has 0 bridgehead atoms. The molecule has 0 spiro atoms. The first-order valence-electron chi connectivity index (χ1n) is 6.13. The lowest BCUT2D eigenvalue weighted by Crippen LogP contribution is -2.46. The lowest BCUT2D eigenvalue weighted by Gasteiger charge is -2.36. The van der Waals surface area contributed by atoms with E-state index in [2.05, 4.69) is 23.5 Å². The molecular formula is C13H19NO4. The summed E-state index contributed by atoms with van der Waals surface area (Å²) in [5.74, 6) is 0.586. The Morgan fingerprint density at radius 3 is 3.00 bits per heavy atom. The highest BCUT2D eigenvalue weighted by Crippen LogP contribution is 2.17. The van der Waals surface area contributed by atoms with Crippen molar-refractivity contribution in [3.05, 3.63) is 23.7 Å². The Labute approximate surface area is 107 Å². The van der Waals surface area contributed by atoms with E-state index in [9.17, 15) is 4.79 Å². The molecule has 0 amide bonds. The van der Waals surface area contributed by atoms with E-state index in [-0.39, 0.29) is 11.9 Å². The van der Waals surface area contributed by atoms with E-state index in [1.165, 1.54) is 7.11 Å². The number of carbonyl (C=O) groups excluding carboxylic acids is 1. The van der Waals surface area contributed by atoms with Gasteiger partial charge in [-0.05, 0) is 26.0 Å². The molecule has 1 fully saturated rings. The van der Waals surface area contributed by atoms with Gasteiger partial charge in [-0.2, -0.15) is 0 Å². The van der Waals surface area contributed by atoms with Gasteiger partial charge in [0.25, 0.3) is 0 Å². The Hall–Kier alpha value is -1.33. The van der Waals surface area contributed by atoms with E-state index in [4.69, 9.17) is 9.15 Å². The van der Waals surface area contributed by atoms with Crippen LogP contribution in [-0.2, 0) is 16.0 Å². The number of carbonyl (C=O) groups is 1. The van der Waals surface area contributed by atoms with Gasteiger partial charge in [0.2, 0.25) is 5.76 Å². The van der Waals surface area contributed by atoms with Crippen LogP contribution in [0.3, 0.4) is 0 Å². The average Bonchev–Trinajstić information content (AvgIpc) is 2.81. The Bertz CT molecular complexity index is 415. The number of ether oxygens (including phenoxy) is 2. The van der Waals surface area contributed by atoms with Crippen molar-refractivity contribution in [3.8, 4) is 0 Å². The highest BCUT2D eigenvalue weighted by Gasteiger charge is 2.24. The van der Waals surface area contributed by atoms with E-state index in [0.29, 0.717) is 12.6 Å². The number of hydrogen-bond donors (Lipinski definition) is 0. The average molecular weight is 253 g/mol. The second kappa shape index (κ2) is 5.54. The predicted molar refractivity (Wildman–Crippen MR) is 65.3 cm³/mol. The number of rotatable bonds is 3. The highest BCUT2D eigenvalue weighted by atomic mass is 16.5. The zero-order chi connectivity index (χ0) is 13.1. The fourth-order valence-electron chi connectivity index (χ4n) is 2.07. The summed E-state index contributed by atoms with van der Waals surface area (Å²) < 4.78 is 15.6. The first-order valence-corrected chi connectivity index (χ1v) is 6.13. The van der Waals surface area contributed by atoms with Crippen molar-refractivity contribution in [1.29, 1.82) is 0 Å². The van der Waals surface area contributed by atoms with Crippen molar-refractivity contribution in [2.45, 2.75) is 32.5 Å². The molecule has 0 aliphatic carbocycles. The van der Waals surface area contributed by atoms with Gasteiger partial charge >= 0.3 is 5.97 Å². The predicted octanol–water partition coefficient (Wildman–Crippen LogP) is 1.68.